The van der Waals surface area contributed by atoms with Gasteiger partial charge >= 0.3 is 5.97 Å². The maximum atomic E-state index is 11.4. The Morgan fingerprint density at radius 1 is 1.35 bits per heavy atom. The maximum Gasteiger partial charge on any atom is 0.306 e. The van der Waals surface area contributed by atoms with E-state index in [0.717, 1.165) is 59.8 Å². The predicted molar refractivity (Wildman–Crippen MR) is 118 cm³/mol. The van der Waals surface area contributed by atoms with E-state index in [9.17, 15) is 15.2 Å². The highest BCUT2D eigenvalue weighted by atomic mass is 16.5. The van der Waals surface area contributed by atoms with E-state index < -0.39 is 12.1 Å². The van der Waals surface area contributed by atoms with Gasteiger partial charge in [0, 0.05) is 11.1 Å². The van der Waals surface area contributed by atoms with Crippen molar-refractivity contribution < 1.29 is 19.4 Å². The first kappa shape index (κ1) is 21.9. The normalized spacial score (nSPS) is 19.3. The van der Waals surface area contributed by atoms with Crippen molar-refractivity contribution in [2.45, 2.75) is 89.9 Å². The maximum absolute atomic E-state index is 11.4. The van der Waals surface area contributed by atoms with Crippen molar-refractivity contribution in [3.63, 3.8) is 0 Å². The smallest absolute Gasteiger partial charge is 0.306 e. The molecule has 1 aliphatic heterocycles. The Morgan fingerprint density at radius 2 is 2.16 bits per heavy atom. The largest absolute Gasteiger partial charge is 0.481 e. The Kier molecular flexibility index (Phi) is 6.94. The third-order valence-electron chi connectivity index (χ3n) is 6.69. The summed E-state index contributed by atoms with van der Waals surface area (Å²) in [5.41, 5.74) is 5.77. The molecular weight excluding hydrogens is 392 g/mol. The zero-order valence-electron chi connectivity index (χ0n) is 18.3. The number of carboxylic acid groups (broad SMARTS) is 1. The summed E-state index contributed by atoms with van der Waals surface area (Å²) in [4.78, 5) is 14.9. The Morgan fingerprint density at radius 3 is 2.87 bits per heavy atom. The summed E-state index contributed by atoms with van der Waals surface area (Å²) in [6.45, 7) is 3.17. The lowest BCUT2D eigenvalue weighted by Gasteiger charge is -2.23. The van der Waals surface area contributed by atoms with Crippen LogP contribution in [0.1, 0.15) is 92.3 Å². The summed E-state index contributed by atoms with van der Waals surface area (Å²) in [5, 5.41) is 20.2. The standard InChI is InChI=1S/C25H32N2O4/c1-2-3-9-19-17(15-31-18-7-5-4-6-8-18)12-16(14-26)23-20-10-11-30-21(13-22(28)29)24(20)27-25(19)23/h12,18,21,27H,2-11,13,15H2,1H3,(H,28,29). The molecule has 1 fully saturated rings. The van der Waals surface area contributed by atoms with E-state index in [-0.39, 0.29) is 6.42 Å². The van der Waals surface area contributed by atoms with E-state index in [1.165, 1.54) is 24.8 Å². The Hall–Kier alpha value is -2.36. The van der Waals surface area contributed by atoms with Crippen LogP contribution >= 0.6 is 0 Å². The summed E-state index contributed by atoms with van der Waals surface area (Å²) in [5.74, 6) is -0.884. The molecule has 0 saturated heterocycles. The minimum atomic E-state index is -0.884. The number of carboxylic acids is 1. The zero-order chi connectivity index (χ0) is 21.8. The molecule has 2 aliphatic rings. The second-order valence-corrected chi connectivity index (χ2v) is 8.82. The number of nitrogens with zero attached hydrogens (tertiary/aromatic N) is 1. The molecule has 0 bridgehead atoms. The van der Waals surface area contributed by atoms with E-state index in [0.29, 0.717) is 31.3 Å². The number of carbonyl (C=O) groups is 1. The van der Waals surface area contributed by atoms with Crippen LogP contribution in [0.3, 0.4) is 0 Å². The fourth-order valence-corrected chi connectivity index (χ4v) is 5.11. The fourth-order valence-electron chi connectivity index (χ4n) is 5.11. The number of aryl methyl sites for hydroxylation is 1. The Balaban J connectivity index is 1.77. The number of benzene rings is 1. The zero-order valence-corrected chi connectivity index (χ0v) is 18.3. The van der Waals surface area contributed by atoms with E-state index in [1.807, 2.05) is 6.07 Å². The molecule has 1 aliphatic carbocycles. The number of rotatable bonds is 8. The molecule has 2 N–H and O–H groups in total. The number of hydrogen-bond donors (Lipinski definition) is 2. The quantitative estimate of drug-likeness (QED) is 0.598. The van der Waals surface area contributed by atoms with Crippen LogP contribution in [0.5, 0.6) is 0 Å². The average molecular weight is 425 g/mol. The van der Waals surface area contributed by atoms with Gasteiger partial charge in [-0.2, -0.15) is 5.26 Å². The monoisotopic (exact) mass is 424 g/mol. The lowest BCUT2D eigenvalue weighted by molar-refractivity contribution is -0.140. The third-order valence-corrected chi connectivity index (χ3v) is 6.69. The molecule has 4 rings (SSSR count). The van der Waals surface area contributed by atoms with Crippen molar-refractivity contribution in [3.8, 4) is 6.07 Å². The summed E-state index contributed by atoms with van der Waals surface area (Å²) in [7, 11) is 0. The van der Waals surface area contributed by atoms with Crippen molar-refractivity contribution in [1.29, 1.82) is 5.26 Å². The first-order valence-corrected chi connectivity index (χ1v) is 11.7. The molecule has 1 unspecified atom stereocenters. The van der Waals surface area contributed by atoms with Crippen molar-refractivity contribution >= 4 is 16.9 Å². The van der Waals surface area contributed by atoms with Gasteiger partial charge in [-0.05, 0) is 54.9 Å². The van der Waals surface area contributed by atoms with Crippen LogP contribution in [0.25, 0.3) is 10.9 Å². The number of aromatic nitrogens is 1. The van der Waals surface area contributed by atoms with Gasteiger partial charge in [0.05, 0.1) is 42.9 Å². The van der Waals surface area contributed by atoms with E-state index >= 15 is 0 Å². The SMILES string of the molecule is CCCCc1c(COC2CCCCC2)cc(C#N)c2c3c([nH]c12)C(CC(=O)O)OCC3. The van der Waals surface area contributed by atoms with Gasteiger partial charge in [-0.3, -0.25) is 4.79 Å². The number of ether oxygens (including phenoxy) is 2. The van der Waals surface area contributed by atoms with Crippen LogP contribution in [-0.2, 0) is 33.7 Å². The Bertz CT molecular complexity index is 982. The number of nitriles is 1. The van der Waals surface area contributed by atoms with Crippen molar-refractivity contribution in [1.82, 2.24) is 4.98 Å². The van der Waals surface area contributed by atoms with Crippen LogP contribution in [0.4, 0.5) is 0 Å². The number of nitrogens with one attached hydrogen (secondary N) is 1. The van der Waals surface area contributed by atoms with E-state index in [4.69, 9.17) is 9.47 Å². The predicted octanol–water partition coefficient (Wildman–Crippen LogP) is 5.32. The number of H-pyrrole nitrogens is 1. The fraction of sp³-hybridized carbons (Fsp3) is 0.600. The van der Waals surface area contributed by atoms with Gasteiger partial charge in [-0.15, -0.1) is 0 Å². The van der Waals surface area contributed by atoms with Crippen LogP contribution in [-0.4, -0.2) is 28.8 Å². The average Bonchev–Trinajstić information content (AvgIpc) is 3.17. The van der Waals surface area contributed by atoms with Gasteiger partial charge < -0.3 is 19.6 Å². The third kappa shape index (κ3) is 4.63. The lowest BCUT2D eigenvalue weighted by Crippen LogP contribution is -2.18. The highest BCUT2D eigenvalue weighted by Gasteiger charge is 2.29. The van der Waals surface area contributed by atoms with E-state index in [1.54, 1.807) is 0 Å². The lowest BCUT2D eigenvalue weighted by atomic mass is 9.92. The van der Waals surface area contributed by atoms with Gasteiger partial charge in [0.25, 0.3) is 0 Å². The number of aliphatic carboxylic acids is 1. The van der Waals surface area contributed by atoms with Crippen molar-refractivity contribution in [2.24, 2.45) is 0 Å². The molecule has 1 aromatic heterocycles. The molecule has 2 heterocycles. The van der Waals surface area contributed by atoms with Crippen LogP contribution < -0.4 is 0 Å². The second-order valence-electron chi connectivity index (χ2n) is 8.82. The van der Waals surface area contributed by atoms with Crippen LogP contribution in [0, 0.1) is 11.3 Å². The Labute approximate surface area is 183 Å². The molecule has 166 valence electrons. The number of aromatic amines is 1. The molecule has 1 aromatic carbocycles. The molecule has 0 spiro atoms. The molecule has 1 saturated carbocycles. The molecule has 1 atom stereocenters. The molecule has 6 heteroatoms. The molecule has 6 nitrogen and oxygen atoms in total. The molecule has 31 heavy (non-hydrogen) atoms. The topological polar surface area (TPSA) is 95.3 Å². The first-order valence-electron chi connectivity index (χ1n) is 11.7. The van der Waals surface area contributed by atoms with Crippen molar-refractivity contribution in [2.75, 3.05) is 6.61 Å². The van der Waals surface area contributed by atoms with Gasteiger partial charge in [-0.1, -0.05) is 32.6 Å². The van der Waals surface area contributed by atoms with Crippen molar-refractivity contribution in [3.05, 3.63) is 34.0 Å². The highest BCUT2D eigenvalue weighted by molar-refractivity contribution is 5.94. The number of hydrogen-bond acceptors (Lipinski definition) is 4. The minimum Gasteiger partial charge on any atom is -0.481 e. The first-order chi connectivity index (χ1) is 15.1. The number of fused-ring (bicyclic) bond motifs is 3. The molecule has 2 aromatic rings. The molecule has 0 radical (unpaired) electrons. The summed E-state index contributed by atoms with van der Waals surface area (Å²) in [6.07, 6.45) is 9.42. The molecular formula is C25H32N2O4. The summed E-state index contributed by atoms with van der Waals surface area (Å²) >= 11 is 0. The summed E-state index contributed by atoms with van der Waals surface area (Å²) < 4.78 is 12.1. The van der Waals surface area contributed by atoms with Crippen LogP contribution in [0.15, 0.2) is 6.07 Å². The van der Waals surface area contributed by atoms with Gasteiger partial charge in [0.2, 0.25) is 0 Å². The highest BCUT2D eigenvalue weighted by Crippen LogP contribution is 2.39. The molecule has 0 amide bonds. The minimum absolute atomic E-state index is 0.0797. The second kappa shape index (κ2) is 9.84. The van der Waals surface area contributed by atoms with Gasteiger partial charge in [-0.25, -0.2) is 0 Å². The summed E-state index contributed by atoms with van der Waals surface area (Å²) in [6, 6.07) is 4.40. The van der Waals surface area contributed by atoms with E-state index in [2.05, 4.69) is 18.0 Å². The van der Waals surface area contributed by atoms with Crippen LogP contribution in [0.2, 0.25) is 0 Å². The van der Waals surface area contributed by atoms with Gasteiger partial charge in [0.1, 0.15) is 6.10 Å². The number of unbranched alkanes of at least 4 members (excludes halogenated alkanes) is 1. The van der Waals surface area contributed by atoms with Gasteiger partial charge in [0.15, 0.2) is 0 Å².